The maximum Gasteiger partial charge on any atom is 2.00 e. The Kier molecular flexibility index (Phi) is 50.8. The summed E-state index contributed by atoms with van der Waals surface area (Å²) in [6, 6.07) is 0. The van der Waals surface area contributed by atoms with Crippen molar-refractivity contribution in [1.29, 1.82) is 0 Å². The molecule has 2 saturated heterocycles. The van der Waals surface area contributed by atoms with Crippen LogP contribution < -0.4 is 17.0 Å². The van der Waals surface area contributed by atoms with Crippen LogP contribution in [0.5, 0.6) is 0 Å². The van der Waals surface area contributed by atoms with E-state index in [1.165, 1.54) is 38.5 Å². The fraction of sp³-hybridized carbons (Fsp3) is 0.842. The molecule has 0 saturated carbocycles. The van der Waals surface area contributed by atoms with Gasteiger partial charge in [0.05, 0.1) is 18.4 Å². The molecular formula is C19H39Br3Mg2O6. The largest absolute Gasteiger partial charge is 2.00 e. The second-order valence-corrected chi connectivity index (χ2v) is 6.50. The summed E-state index contributed by atoms with van der Waals surface area (Å²) >= 11 is 5.88. The fourth-order valence-corrected chi connectivity index (χ4v) is 2.54. The second-order valence-electron chi connectivity index (χ2n) is 5.54. The average Bonchev–Trinajstić information content (AvgIpc) is 2.73. The number of alkyl halides is 2. The smallest absolute Gasteiger partial charge is 1.00 e. The molecule has 0 spiro atoms. The van der Waals surface area contributed by atoms with Gasteiger partial charge in [0.2, 0.25) is 0 Å². The molecule has 11 heteroatoms. The van der Waals surface area contributed by atoms with Crippen LogP contribution in [-0.2, 0) is 23.7 Å². The molecule has 2 unspecified atom stereocenters. The van der Waals surface area contributed by atoms with Crippen LogP contribution >= 0.6 is 31.9 Å². The maximum atomic E-state index is 7.49. The summed E-state index contributed by atoms with van der Waals surface area (Å²) in [5.74, 6) is 0. The Labute approximate surface area is 246 Å². The van der Waals surface area contributed by atoms with E-state index < -0.39 is 0 Å². The van der Waals surface area contributed by atoms with E-state index in [9.17, 15) is 0 Å². The Bertz CT molecular complexity index is 310. The molecule has 0 bridgehead atoms. The van der Waals surface area contributed by atoms with Gasteiger partial charge in [0.1, 0.15) is 11.8 Å². The Hall–Kier alpha value is 2.31. The summed E-state index contributed by atoms with van der Waals surface area (Å²) < 4.78 is 25.2. The molecule has 3 aliphatic rings. The number of halogens is 3. The fourth-order valence-electron chi connectivity index (χ4n) is 2.24. The number of aliphatic hydroxyl groups excluding tert-OH is 1. The van der Waals surface area contributed by atoms with E-state index in [-0.39, 0.29) is 91.5 Å². The third kappa shape index (κ3) is 30.3. The zero-order valence-electron chi connectivity index (χ0n) is 19.2. The van der Waals surface area contributed by atoms with Crippen LogP contribution in [-0.4, -0.2) is 94.6 Å². The normalized spacial score (nSPS) is 21.2. The van der Waals surface area contributed by atoms with Gasteiger partial charge in [0.15, 0.2) is 6.29 Å². The molecule has 176 valence electrons. The van der Waals surface area contributed by atoms with E-state index in [1.54, 1.807) is 6.26 Å². The average molecular weight is 652 g/mol. The van der Waals surface area contributed by atoms with Gasteiger partial charge in [-0.3, -0.25) is 0 Å². The molecule has 0 radical (unpaired) electrons. The quantitative estimate of drug-likeness (QED) is 0.286. The molecule has 0 amide bonds. The van der Waals surface area contributed by atoms with Crippen molar-refractivity contribution in [3.63, 3.8) is 0 Å². The van der Waals surface area contributed by atoms with E-state index in [4.69, 9.17) is 28.8 Å². The third-order valence-corrected chi connectivity index (χ3v) is 3.80. The Morgan fingerprint density at radius 2 is 1.50 bits per heavy atom. The molecule has 6 nitrogen and oxygen atoms in total. The summed E-state index contributed by atoms with van der Waals surface area (Å²) in [7, 11) is 3.28. The molecule has 3 aliphatic heterocycles. The number of rotatable bonds is 3. The molecular weight excluding hydrogens is 613 g/mol. The molecule has 3 heterocycles. The van der Waals surface area contributed by atoms with Gasteiger partial charge in [-0.2, -0.15) is 0 Å². The monoisotopic (exact) mass is 648 g/mol. The minimum atomic E-state index is -0.0243. The minimum Gasteiger partial charge on any atom is -1.00 e. The van der Waals surface area contributed by atoms with Gasteiger partial charge in [0, 0.05) is 13.2 Å². The predicted molar refractivity (Wildman–Crippen MR) is 129 cm³/mol. The maximum absolute atomic E-state index is 7.49. The van der Waals surface area contributed by atoms with Gasteiger partial charge in [-0.25, -0.2) is 7.11 Å². The Balaban J connectivity index is -0.0000000512. The number of hydrogen-bond donors (Lipinski definition) is 1. The van der Waals surface area contributed by atoms with Crippen LogP contribution in [0.3, 0.4) is 0 Å². The van der Waals surface area contributed by atoms with Crippen molar-refractivity contribution in [1.82, 2.24) is 0 Å². The summed E-state index contributed by atoms with van der Waals surface area (Å²) in [4.78, 5) is 0. The molecule has 30 heavy (non-hydrogen) atoms. The van der Waals surface area contributed by atoms with E-state index in [0.717, 1.165) is 32.7 Å². The zero-order valence-corrected chi connectivity index (χ0v) is 24.8. The van der Waals surface area contributed by atoms with Crippen LogP contribution in [0.2, 0.25) is 0 Å². The van der Waals surface area contributed by atoms with Crippen molar-refractivity contribution >= 4 is 78.0 Å². The van der Waals surface area contributed by atoms with Gasteiger partial charge in [0.25, 0.3) is 0 Å². The van der Waals surface area contributed by atoms with Crippen LogP contribution in [0.15, 0.2) is 12.3 Å². The van der Waals surface area contributed by atoms with E-state index in [0.29, 0.717) is 5.52 Å². The number of allylic oxidation sites excluding steroid dienone is 1. The molecule has 0 aliphatic carbocycles. The van der Waals surface area contributed by atoms with E-state index in [2.05, 4.69) is 39.0 Å². The van der Waals surface area contributed by atoms with Gasteiger partial charge >= 0.3 is 46.1 Å². The SMILES string of the molecule is BrCOC1CCCCO1.C.C1=COCCC1.OCBr.[Br-].[CH2-]OC1CCCCO1.[H-].[H-].[Mg+2].[Mg+2]. The Morgan fingerprint density at radius 3 is 1.73 bits per heavy atom. The first-order valence-corrected chi connectivity index (χ1v) is 11.3. The first-order valence-electron chi connectivity index (χ1n) is 9.03. The molecule has 0 aromatic rings. The van der Waals surface area contributed by atoms with Gasteiger partial charge in [-0.05, 0) is 57.4 Å². The van der Waals surface area contributed by atoms with E-state index >= 15 is 0 Å². The summed E-state index contributed by atoms with van der Waals surface area (Å²) in [5.41, 5.74) is 0.644. The summed E-state index contributed by atoms with van der Waals surface area (Å²) in [6.45, 7) is 2.61. The summed E-state index contributed by atoms with van der Waals surface area (Å²) in [6.07, 6.45) is 13.1. The number of ether oxygens (including phenoxy) is 5. The van der Waals surface area contributed by atoms with Crippen LogP contribution in [0.25, 0.3) is 0 Å². The third-order valence-electron chi connectivity index (χ3n) is 3.54. The minimum absolute atomic E-state index is 0. The topological polar surface area (TPSA) is 66.4 Å². The second kappa shape index (κ2) is 35.9. The standard InChI is InChI=1S/C6H11BrO2.C6H11O2.C5H8O.CH3BrO.CH4.BrH.2Mg.2H/c7-5-9-6-3-1-2-4-8-6;1-7-6-4-2-3-5-8-6;1-2-4-6-5-3-1;2-1-3;;;;;;/h6H,1-5H2;6H,1-5H2;2,4H,1,3,5H2;3H,1H2;1H4;1H;;;;/q;-1;;;;;2*+2;2*-1/p-1. The molecule has 0 aromatic carbocycles. The number of aliphatic hydroxyl groups is 1. The molecule has 2 fully saturated rings. The van der Waals surface area contributed by atoms with E-state index in [1.807, 2.05) is 6.08 Å². The van der Waals surface area contributed by atoms with Crippen molar-refractivity contribution in [2.24, 2.45) is 0 Å². The molecule has 0 aromatic heterocycles. The van der Waals surface area contributed by atoms with Gasteiger partial charge < -0.3 is 48.6 Å². The summed E-state index contributed by atoms with van der Waals surface area (Å²) in [5, 5.41) is 7.49. The number of hydrogen-bond acceptors (Lipinski definition) is 6. The predicted octanol–water partition coefficient (Wildman–Crippen LogP) is 1.95. The molecule has 3 rings (SSSR count). The van der Waals surface area contributed by atoms with Crippen molar-refractivity contribution in [3.8, 4) is 0 Å². The molecule has 2 atom stereocenters. The zero-order chi connectivity index (χ0) is 19.3. The van der Waals surface area contributed by atoms with Crippen molar-refractivity contribution < 1.29 is 48.6 Å². The Morgan fingerprint density at radius 1 is 0.967 bits per heavy atom. The van der Waals surface area contributed by atoms with Crippen molar-refractivity contribution in [2.45, 2.75) is 71.4 Å². The van der Waals surface area contributed by atoms with Gasteiger partial charge in [-0.1, -0.05) is 39.3 Å². The van der Waals surface area contributed by atoms with Crippen LogP contribution in [0.4, 0.5) is 0 Å². The van der Waals surface area contributed by atoms with Crippen molar-refractivity contribution in [3.05, 3.63) is 19.4 Å². The first-order chi connectivity index (χ1) is 12.8. The molecule has 1 N–H and O–H groups in total. The van der Waals surface area contributed by atoms with Crippen molar-refractivity contribution in [2.75, 3.05) is 30.9 Å². The van der Waals surface area contributed by atoms with Crippen LogP contribution in [0, 0.1) is 7.11 Å². The van der Waals surface area contributed by atoms with Crippen LogP contribution in [0.1, 0.15) is 61.6 Å². The first kappa shape index (κ1) is 42.5. The van der Waals surface area contributed by atoms with Gasteiger partial charge in [-0.15, -0.1) is 0 Å².